The van der Waals surface area contributed by atoms with Crippen molar-refractivity contribution in [2.24, 2.45) is 0 Å². The molecule has 4 rings (SSSR count). The Hall–Kier alpha value is -4.37. The van der Waals surface area contributed by atoms with Gasteiger partial charge in [-0.15, -0.1) is 0 Å². The summed E-state index contributed by atoms with van der Waals surface area (Å²) in [5, 5.41) is 16.3. The van der Waals surface area contributed by atoms with Gasteiger partial charge >= 0.3 is 0 Å². The van der Waals surface area contributed by atoms with Gasteiger partial charge in [0.05, 0.1) is 24.2 Å². The minimum Gasteiger partial charge on any atom is -0.497 e. The van der Waals surface area contributed by atoms with Crippen LogP contribution in [-0.2, 0) is 4.79 Å². The van der Waals surface area contributed by atoms with Crippen molar-refractivity contribution in [1.29, 1.82) is 0 Å². The molecule has 6 N–H and O–H groups in total. The van der Waals surface area contributed by atoms with Crippen LogP contribution in [0.25, 0.3) is 11.0 Å². The van der Waals surface area contributed by atoms with Crippen LogP contribution in [0.1, 0.15) is 22.0 Å². The Morgan fingerprint density at radius 1 is 1.06 bits per heavy atom. The first kappa shape index (κ1) is 21.8. The average Bonchev–Trinajstić information content (AvgIpc) is 3.21. The Kier molecular flexibility index (Phi) is 6.23. The lowest BCUT2D eigenvalue weighted by Gasteiger charge is -2.24. The zero-order valence-corrected chi connectivity index (χ0v) is 17.8. The van der Waals surface area contributed by atoms with E-state index < -0.39 is 24.0 Å². The number of nitrogens with zero attached hydrogens (tertiary/aromatic N) is 1. The van der Waals surface area contributed by atoms with Gasteiger partial charge < -0.3 is 31.2 Å². The number of nitrogen functional groups attached to an aromatic ring is 1. The molecule has 0 saturated heterocycles. The van der Waals surface area contributed by atoms with Crippen LogP contribution in [0.3, 0.4) is 0 Å². The molecule has 0 radical (unpaired) electrons. The van der Waals surface area contributed by atoms with Crippen LogP contribution in [0.4, 0.5) is 11.6 Å². The molecule has 0 bridgehead atoms. The third kappa shape index (κ3) is 4.94. The molecule has 2 amide bonds. The van der Waals surface area contributed by atoms with E-state index in [0.717, 1.165) is 0 Å². The molecule has 2 unspecified atom stereocenters. The fourth-order valence-corrected chi connectivity index (χ4v) is 3.45. The van der Waals surface area contributed by atoms with Gasteiger partial charge in [0.1, 0.15) is 5.75 Å². The van der Waals surface area contributed by atoms with E-state index in [2.05, 4.69) is 20.6 Å². The number of anilines is 2. The fourth-order valence-electron chi connectivity index (χ4n) is 3.45. The van der Waals surface area contributed by atoms with E-state index in [9.17, 15) is 14.7 Å². The maximum atomic E-state index is 12.9. The second-order valence-corrected chi connectivity index (χ2v) is 7.38. The van der Waals surface area contributed by atoms with Crippen LogP contribution in [-0.4, -0.2) is 40.1 Å². The highest BCUT2D eigenvalue weighted by molar-refractivity contribution is 5.98. The largest absolute Gasteiger partial charge is 0.497 e. The number of methoxy groups -OCH3 is 1. The average molecular weight is 445 g/mol. The minimum atomic E-state index is -1.56. The summed E-state index contributed by atoms with van der Waals surface area (Å²) in [4.78, 5) is 32.7. The number of imidazole rings is 1. The zero-order valence-electron chi connectivity index (χ0n) is 17.8. The monoisotopic (exact) mass is 445 g/mol. The number of hydrogen-bond acceptors (Lipinski definition) is 6. The minimum absolute atomic E-state index is 0.263. The zero-order chi connectivity index (χ0) is 23.4. The van der Waals surface area contributed by atoms with Crippen LogP contribution in [0.2, 0.25) is 0 Å². The van der Waals surface area contributed by atoms with Crippen molar-refractivity contribution in [2.75, 3.05) is 18.2 Å². The lowest BCUT2D eigenvalue weighted by atomic mass is 10.00. The molecule has 33 heavy (non-hydrogen) atoms. The van der Waals surface area contributed by atoms with E-state index in [-0.39, 0.29) is 5.95 Å². The summed E-state index contributed by atoms with van der Waals surface area (Å²) in [5.41, 5.74) is 8.36. The Labute approximate surface area is 189 Å². The normalized spacial score (nSPS) is 12.7. The number of aliphatic hydroxyl groups is 1. The molecular weight excluding hydrogens is 422 g/mol. The number of aromatic nitrogens is 2. The molecule has 0 spiro atoms. The van der Waals surface area contributed by atoms with E-state index in [1.807, 2.05) is 6.07 Å². The number of aromatic amines is 1. The first-order valence-electron chi connectivity index (χ1n) is 10.2. The fraction of sp³-hybridized carbons (Fsp3) is 0.125. The molecular formula is C24H23N5O4. The Morgan fingerprint density at radius 2 is 1.79 bits per heavy atom. The number of rotatable bonds is 7. The van der Waals surface area contributed by atoms with E-state index in [4.69, 9.17) is 10.5 Å². The van der Waals surface area contributed by atoms with Crippen molar-refractivity contribution >= 4 is 34.5 Å². The van der Waals surface area contributed by atoms with Crippen LogP contribution < -0.4 is 21.1 Å². The number of nitrogens with one attached hydrogen (secondary N) is 3. The van der Waals surface area contributed by atoms with Gasteiger partial charge in [-0.3, -0.25) is 9.59 Å². The van der Waals surface area contributed by atoms with Gasteiger partial charge in [0.2, 0.25) is 0 Å². The number of H-pyrrole nitrogens is 1. The highest BCUT2D eigenvalue weighted by Crippen LogP contribution is 2.22. The summed E-state index contributed by atoms with van der Waals surface area (Å²) < 4.78 is 5.12. The van der Waals surface area contributed by atoms with Gasteiger partial charge in [0.25, 0.3) is 11.8 Å². The van der Waals surface area contributed by atoms with Crippen molar-refractivity contribution in [2.45, 2.75) is 12.1 Å². The van der Waals surface area contributed by atoms with Crippen molar-refractivity contribution in [3.05, 3.63) is 83.9 Å². The second-order valence-electron chi connectivity index (χ2n) is 7.38. The van der Waals surface area contributed by atoms with Gasteiger partial charge in [0.15, 0.2) is 12.1 Å². The Balaban J connectivity index is 1.54. The SMILES string of the molecule is COc1ccc(C(=O)NC(c2ccccc2)C(O)C(=O)Nc2ccc3nc(N)[nH]c3c2)cc1. The van der Waals surface area contributed by atoms with Crippen LogP contribution in [0.15, 0.2) is 72.8 Å². The molecule has 0 saturated carbocycles. The Bertz CT molecular complexity index is 1270. The number of nitrogens with two attached hydrogens (primary N) is 1. The predicted molar refractivity (Wildman–Crippen MR) is 125 cm³/mol. The molecule has 4 aromatic rings. The van der Waals surface area contributed by atoms with Crippen molar-refractivity contribution in [3.63, 3.8) is 0 Å². The molecule has 2 atom stereocenters. The molecule has 9 nitrogen and oxygen atoms in total. The summed E-state index contributed by atoms with van der Waals surface area (Å²) in [5.74, 6) is -0.237. The van der Waals surface area contributed by atoms with Gasteiger partial charge in [-0.1, -0.05) is 30.3 Å². The summed E-state index contributed by atoms with van der Waals surface area (Å²) in [6.45, 7) is 0. The topological polar surface area (TPSA) is 142 Å². The summed E-state index contributed by atoms with van der Waals surface area (Å²) in [7, 11) is 1.54. The van der Waals surface area contributed by atoms with E-state index in [1.54, 1.807) is 66.7 Å². The van der Waals surface area contributed by atoms with Gasteiger partial charge in [-0.05, 0) is 48.0 Å². The van der Waals surface area contributed by atoms with Crippen LogP contribution >= 0.6 is 0 Å². The third-order valence-electron chi connectivity index (χ3n) is 5.15. The number of carbonyl (C=O) groups is 2. The lowest BCUT2D eigenvalue weighted by Crippen LogP contribution is -2.42. The maximum Gasteiger partial charge on any atom is 0.255 e. The number of hydrogen-bond donors (Lipinski definition) is 5. The molecule has 168 valence electrons. The van der Waals surface area contributed by atoms with Crippen LogP contribution in [0.5, 0.6) is 5.75 Å². The highest BCUT2D eigenvalue weighted by Gasteiger charge is 2.29. The van der Waals surface area contributed by atoms with E-state index >= 15 is 0 Å². The predicted octanol–water partition coefficient (Wildman–Crippen LogP) is 2.62. The smallest absolute Gasteiger partial charge is 0.255 e. The standard InChI is InChI=1S/C24H23N5O4/c1-33-17-10-7-15(8-11-17)22(31)29-20(14-5-3-2-4-6-14)21(30)23(32)26-16-9-12-18-19(13-16)28-24(25)27-18/h2-13,20-21,30H,1H3,(H,26,32)(H,29,31)(H3,25,27,28). The van der Waals surface area contributed by atoms with Gasteiger partial charge in [0, 0.05) is 11.3 Å². The quantitative estimate of drug-likeness (QED) is 0.296. The first-order valence-corrected chi connectivity index (χ1v) is 10.2. The molecule has 0 fully saturated rings. The molecule has 9 heteroatoms. The lowest BCUT2D eigenvalue weighted by molar-refractivity contribution is -0.125. The first-order chi connectivity index (χ1) is 15.9. The summed E-state index contributed by atoms with van der Waals surface area (Å²) >= 11 is 0. The third-order valence-corrected chi connectivity index (χ3v) is 5.15. The highest BCUT2D eigenvalue weighted by atomic mass is 16.5. The second kappa shape index (κ2) is 9.41. The number of ether oxygens (including phenoxy) is 1. The van der Waals surface area contributed by atoms with Gasteiger partial charge in [-0.25, -0.2) is 4.98 Å². The Morgan fingerprint density at radius 3 is 2.48 bits per heavy atom. The van der Waals surface area contributed by atoms with Crippen molar-refractivity contribution in [3.8, 4) is 5.75 Å². The number of fused-ring (bicyclic) bond motifs is 1. The molecule has 3 aromatic carbocycles. The molecule has 0 aliphatic rings. The molecule has 1 heterocycles. The maximum absolute atomic E-state index is 12.9. The number of carbonyl (C=O) groups excluding carboxylic acids is 2. The molecule has 0 aliphatic carbocycles. The summed E-state index contributed by atoms with van der Waals surface area (Å²) in [6, 6.07) is 19.4. The number of amides is 2. The van der Waals surface area contributed by atoms with E-state index in [0.29, 0.717) is 33.6 Å². The van der Waals surface area contributed by atoms with Gasteiger partial charge in [-0.2, -0.15) is 0 Å². The summed E-state index contributed by atoms with van der Waals surface area (Å²) in [6.07, 6.45) is -1.56. The van der Waals surface area contributed by atoms with Crippen molar-refractivity contribution < 1.29 is 19.4 Å². The molecule has 0 aliphatic heterocycles. The van der Waals surface area contributed by atoms with Crippen molar-refractivity contribution in [1.82, 2.24) is 15.3 Å². The number of benzene rings is 3. The number of aliphatic hydroxyl groups excluding tert-OH is 1. The van der Waals surface area contributed by atoms with E-state index in [1.165, 1.54) is 7.11 Å². The molecule has 1 aromatic heterocycles. The van der Waals surface area contributed by atoms with Crippen LogP contribution in [0, 0.1) is 0 Å².